The van der Waals surface area contributed by atoms with Gasteiger partial charge in [-0.2, -0.15) is 0 Å². The fourth-order valence-corrected chi connectivity index (χ4v) is 4.40. The first kappa shape index (κ1) is 21.6. The van der Waals surface area contributed by atoms with Gasteiger partial charge in [-0.25, -0.2) is 22.2 Å². The number of pyridine rings is 1. The SMILES string of the molecule is CCCS(=O)(=O)Nc1cc(F)c(F)c(C(=O)c2ccc3ncc(-n4ccnc4)cc3c2)c1. The lowest BCUT2D eigenvalue weighted by Gasteiger charge is -2.11. The van der Waals surface area contributed by atoms with E-state index in [1.54, 1.807) is 48.5 Å². The van der Waals surface area contributed by atoms with E-state index in [4.69, 9.17) is 0 Å². The molecule has 2 aromatic heterocycles. The number of rotatable bonds is 7. The molecule has 2 aromatic carbocycles. The van der Waals surface area contributed by atoms with Gasteiger partial charge in [-0.15, -0.1) is 0 Å². The van der Waals surface area contributed by atoms with Gasteiger partial charge in [0.1, 0.15) is 0 Å². The molecule has 0 aliphatic heterocycles. The second-order valence-electron chi connectivity index (χ2n) is 7.14. The first-order valence-corrected chi connectivity index (χ1v) is 11.3. The molecule has 0 amide bonds. The number of carbonyl (C=O) groups is 1. The van der Waals surface area contributed by atoms with Crippen LogP contribution in [0.2, 0.25) is 0 Å². The summed E-state index contributed by atoms with van der Waals surface area (Å²) < 4.78 is 56.5. The molecule has 0 fully saturated rings. The van der Waals surface area contributed by atoms with E-state index in [1.807, 2.05) is 0 Å². The fourth-order valence-electron chi connectivity index (χ4n) is 3.28. The van der Waals surface area contributed by atoms with Crippen molar-refractivity contribution in [3.63, 3.8) is 0 Å². The van der Waals surface area contributed by atoms with Crippen molar-refractivity contribution >= 4 is 32.4 Å². The molecule has 0 saturated carbocycles. The van der Waals surface area contributed by atoms with Gasteiger partial charge in [0.05, 0.1) is 40.7 Å². The lowest BCUT2D eigenvalue weighted by molar-refractivity contribution is 0.103. The highest BCUT2D eigenvalue weighted by Crippen LogP contribution is 2.25. The summed E-state index contributed by atoms with van der Waals surface area (Å²) in [6.07, 6.45) is 6.94. The predicted octanol–water partition coefficient (Wildman–Crippen LogP) is 4.08. The molecule has 0 bridgehead atoms. The zero-order valence-electron chi connectivity index (χ0n) is 16.9. The van der Waals surface area contributed by atoms with Crippen LogP contribution in [0, 0.1) is 11.6 Å². The van der Waals surface area contributed by atoms with Crippen LogP contribution in [0.1, 0.15) is 29.3 Å². The van der Waals surface area contributed by atoms with Crippen molar-refractivity contribution in [3.05, 3.63) is 84.1 Å². The molecule has 0 unspecified atom stereocenters. The number of hydrogen-bond acceptors (Lipinski definition) is 5. The second-order valence-corrected chi connectivity index (χ2v) is 8.98. The van der Waals surface area contributed by atoms with Crippen LogP contribution in [-0.4, -0.2) is 34.5 Å². The number of imidazole rings is 1. The average Bonchev–Trinajstić information content (AvgIpc) is 3.29. The van der Waals surface area contributed by atoms with Gasteiger partial charge < -0.3 is 4.57 Å². The van der Waals surface area contributed by atoms with Crippen LogP contribution < -0.4 is 4.72 Å². The Bertz CT molecular complexity index is 1420. The van der Waals surface area contributed by atoms with E-state index in [1.165, 1.54) is 12.1 Å². The molecule has 1 N–H and O–H groups in total. The van der Waals surface area contributed by atoms with Crippen molar-refractivity contribution in [2.45, 2.75) is 13.3 Å². The number of benzene rings is 2. The Kier molecular flexibility index (Phi) is 5.70. The van der Waals surface area contributed by atoms with Gasteiger partial charge in [0.25, 0.3) is 0 Å². The van der Waals surface area contributed by atoms with Gasteiger partial charge >= 0.3 is 0 Å². The topological polar surface area (TPSA) is 94.0 Å². The van der Waals surface area contributed by atoms with E-state index >= 15 is 0 Å². The van der Waals surface area contributed by atoms with Gasteiger partial charge in [0.15, 0.2) is 17.4 Å². The molecule has 4 rings (SSSR count). The number of anilines is 1. The summed E-state index contributed by atoms with van der Waals surface area (Å²) in [5.41, 5.74) is 0.638. The van der Waals surface area contributed by atoms with Crippen molar-refractivity contribution in [1.29, 1.82) is 0 Å². The van der Waals surface area contributed by atoms with Crippen LogP contribution in [0.25, 0.3) is 16.6 Å². The average molecular weight is 456 g/mol. The number of sulfonamides is 1. The third-order valence-electron chi connectivity index (χ3n) is 4.75. The van der Waals surface area contributed by atoms with Crippen molar-refractivity contribution < 1.29 is 22.0 Å². The minimum atomic E-state index is -3.74. The Morgan fingerprint density at radius 2 is 1.97 bits per heavy atom. The van der Waals surface area contributed by atoms with Crippen molar-refractivity contribution in [2.24, 2.45) is 0 Å². The van der Waals surface area contributed by atoms with Crippen LogP contribution in [0.4, 0.5) is 14.5 Å². The lowest BCUT2D eigenvalue weighted by Crippen LogP contribution is -2.17. The first-order chi connectivity index (χ1) is 15.3. The number of hydrogen-bond donors (Lipinski definition) is 1. The lowest BCUT2D eigenvalue weighted by atomic mass is 10.00. The predicted molar refractivity (Wildman–Crippen MR) is 116 cm³/mol. The molecule has 0 saturated heterocycles. The van der Waals surface area contributed by atoms with E-state index in [-0.39, 0.29) is 17.0 Å². The van der Waals surface area contributed by atoms with Crippen LogP contribution in [0.5, 0.6) is 0 Å². The third kappa shape index (κ3) is 4.35. The highest BCUT2D eigenvalue weighted by atomic mass is 32.2. The standard InChI is InChI=1S/C22H18F2N4O3S/c1-2-7-32(30,31)27-16-10-18(21(24)19(23)11-16)22(29)14-3-4-20-15(8-14)9-17(12-26-20)28-6-5-25-13-28/h3-6,8-13,27H,2,7H2,1H3. The number of ketones is 1. The van der Waals surface area contributed by atoms with Crippen molar-refractivity contribution in [1.82, 2.24) is 14.5 Å². The smallest absolute Gasteiger partial charge is 0.232 e. The largest absolute Gasteiger partial charge is 0.305 e. The van der Waals surface area contributed by atoms with E-state index < -0.39 is 33.0 Å². The minimum absolute atomic E-state index is 0.106. The van der Waals surface area contributed by atoms with Gasteiger partial charge in [-0.05, 0) is 36.8 Å². The van der Waals surface area contributed by atoms with Crippen molar-refractivity contribution in [2.75, 3.05) is 10.5 Å². The minimum Gasteiger partial charge on any atom is -0.305 e. The maximum Gasteiger partial charge on any atom is 0.232 e. The second kappa shape index (κ2) is 8.46. The molecule has 7 nitrogen and oxygen atoms in total. The van der Waals surface area contributed by atoms with Gasteiger partial charge in [-0.3, -0.25) is 14.5 Å². The van der Waals surface area contributed by atoms with E-state index in [9.17, 15) is 22.0 Å². The van der Waals surface area contributed by atoms with E-state index in [0.717, 1.165) is 6.07 Å². The summed E-state index contributed by atoms with van der Waals surface area (Å²) in [5.74, 6) is -3.65. The number of aromatic nitrogens is 3. The number of fused-ring (bicyclic) bond motifs is 1. The molecule has 0 radical (unpaired) electrons. The maximum absolute atomic E-state index is 14.5. The third-order valence-corrected chi connectivity index (χ3v) is 6.24. The van der Waals surface area contributed by atoms with E-state index in [0.29, 0.717) is 29.1 Å². The number of nitrogens with one attached hydrogen (secondary N) is 1. The Hall–Kier alpha value is -3.66. The molecule has 0 atom stereocenters. The summed E-state index contributed by atoms with van der Waals surface area (Å²) in [5, 5.41) is 0.614. The summed E-state index contributed by atoms with van der Waals surface area (Å²) in [6.45, 7) is 1.67. The summed E-state index contributed by atoms with van der Waals surface area (Å²) >= 11 is 0. The summed E-state index contributed by atoms with van der Waals surface area (Å²) in [7, 11) is -3.74. The highest BCUT2D eigenvalue weighted by molar-refractivity contribution is 7.92. The normalized spacial score (nSPS) is 11.6. The molecule has 2 heterocycles. The van der Waals surface area contributed by atoms with Gasteiger partial charge in [-0.1, -0.05) is 6.92 Å². The Balaban J connectivity index is 1.73. The zero-order chi connectivity index (χ0) is 22.9. The van der Waals surface area contributed by atoms with Crippen LogP contribution >= 0.6 is 0 Å². The fraction of sp³-hybridized carbons (Fsp3) is 0.136. The Morgan fingerprint density at radius 3 is 2.69 bits per heavy atom. The van der Waals surface area contributed by atoms with Gasteiger partial charge in [0, 0.05) is 29.4 Å². The number of carbonyl (C=O) groups excluding carboxylic acids is 1. The molecule has 4 aromatic rings. The molecular formula is C22H18F2N4O3S. The van der Waals surface area contributed by atoms with Crippen LogP contribution in [0.3, 0.4) is 0 Å². The molecule has 164 valence electrons. The first-order valence-electron chi connectivity index (χ1n) is 9.70. The molecule has 0 spiro atoms. The monoisotopic (exact) mass is 456 g/mol. The van der Waals surface area contributed by atoms with Crippen molar-refractivity contribution in [3.8, 4) is 5.69 Å². The summed E-state index contributed by atoms with van der Waals surface area (Å²) in [4.78, 5) is 21.3. The van der Waals surface area contributed by atoms with Gasteiger partial charge in [0.2, 0.25) is 10.0 Å². The Morgan fingerprint density at radius 1 is 1.16 bits per heavy atom. The maximum atomic E-state index is 14.5. The molecular weight excluding hydrogens is 438 g/mol. The zero-order valence-corrected chi connectivity index (χ0v) is 17.7. The van der Waals surface area contributed by atoms with Crippen LogP contribution in [0.15, 0.2) is 61.3 Å². The highest BCUT2D eigenvalue weighted by Gasteiger charge is 2.21. The summed E-state index contributed by atoms with van der Waals surface area (Å²) in [6, 6.07) is 8.07. The quantitative estimate of drug-likeness (QED) is 0.423. The molecule has 0 aliphatic rings. The molecule has 10 heteroatoms. The number of nitrogens with zero attached hydrogens (tertiary/aromatic N) is 3. The van der Waals surface area contributed by atoms with E-state index in [2.05, 4.69) is 14.7 Å². The molecule has 32 heavy (non-hydrogen) atoms. The molecule has 0 aliphatic carbocycles. The van der Waals surface area contributed by atoms with Crippen LogP contribution in [-0.2, 0) is 10.0 Å². The number of halogens is 2. The Labute approximate surface area is 182 Å².